The van der Waals surface area contributed by atoms with Crippen molar-refractivity contribution in [1.82, 2.24) is 0 Å². The molecular weight excluding hydrogens is 176 g/mol. The molecule has 0 unspecified atom stereocenters. The van der Waals surface area contributed by atoms with Crippen LogP contribution in [0.5, 0.6) is 0 Å². The van der Waals surface area contributed by atoms with E-state index in [0.29, 0.717) is 0 Å². The van der Waals surface area contributed by atoms with Gasteiger partial charge < -0.3 is 9.90 Å². The normalized spacial score (nSPS) is 8.58. The zero-order valence-corrected chi connectivity index (χ0v) is 8.69. The van der Waals surface area contributed by atoms with Crippen LogP contribution >= 0.6 is 11.6 Å². The molecule has 0 N–H and O–H groups in total. The maximum atomic E-state index is 8.65. The topological polar surface area (TPSA) is 40.1 Å². The van der Waals surface area contributed by atoms with Crippen LogP contribution in [0.3, 0.4) is 0 Å². The van der Waals surface area contributed by atoms with Gasteiger partial charge in [-0.1, -0.05) is 64.0 Å². The van der Waals surface area contributed by atoms with Crippen LogP contribution in [0, 0.1) is 0 Å². The van der Waals surface area contributed by atoms with Crippen molar-refractivity contribution in [2.75, 3.05) is 0 Å². The minimum absolute atomic E-state index is 1.36. The quantitative estimate of drug-likeness (QED) is 0.498. The Morgan fingerprint density at radius 2 is 1.33 bits per heavy atom. The second-order valence-electron chi connectivity index (χ2n) is 2.65. The van der Waals surface area contributed by atoms with E-state index in [9.17, 15) is 0 Å². The van der Waals surface area contributed by atoms with Gasteiger partial charge in [0, 0.05) is 0 Å². The van der Waals surface area contributed by atoms with Crippen LogP contribution in [-0.4, -0.2) is 5.43 Å². The Morgan fingerprint density at radius 1 is 1.08 bits per heavy atom. The lowest BCUT2D eigenvalue weighted by atomic mass is 10.1. The van der Waals surface area contributed by atoms with Crippen molar-refractivity contribution in [3.63, 3.8) is 0 Å². The van der Waals surface area contributed by atoms with Crippen molar-refractivity contribution < 1.29 is 9.90 Å². The Bertz CT molecular complexity index is 84.5. The Balaban J connectivity index is 0. The molecule has 2 nitrogen and oxygen atoms in total. The molecule has 0 rings (SSSR count). The summed E-state index contributed by atoms with van der Waals surface area (Å²) in [7, 11) is 0. The average Bonchev–Trinajstić information content (AvgIpc) is 1.97. The number of carboxylic acid groups (broad SMARTS) is 1. The van der Waals surface area contributed by atoms with E-state index in [-0.39, 0.29) is 0 Å². The highest BCUT2D eigenvalue weighted by atomic mass is 35.5. The number of unbranched alkanes of at least 4 members (excludes halogenated alkanes) is 5. The van der Waals surface area contributed by atoms with Crippen molar-refractivity contribution in [2.45, 2.75) is 52.4 Å². The van der Waals surface area contributed by atoms with Crippen molar-refractivity contribution in [1.29, 1.82) is 0 Å². The van der Waals surface area contributed by atoms with E-state index in [0.717, 1.165) is 0 Å². The molecule has 0 aromatic heterocycles. The lowest BCUT2D eigenvalue weighted by molar-refractivity contribution is -0.233. The Morgan fingerprint density at radius 3 is 1.50 bits per heavy atom. The third-order valence-electron chi connectivity index (χ3n) is 1.46. The lowest BCUT2D eigenvalue weighted by Crippen LogP contribution is -2.11. The summed E-state index contributed by atoms with van der Waals surface area (Å²) in [5.41, 5.74) is -1.61. The van der Waals surface area contributed by atoms with Gasteiger partial charge in [-0.25, -0.2) is 0 Å². The van der Waals surface area contributed by atoms with Crippen molar-refractivity contribution in [2.24, 2.45) is 0 Å². The third-order valence-corrected chi connectivity index (χ3v) is 1.46. The molecule has 0 aliphatic rings. The van der Waals surface area contributed by atoms with Gasteiger partial charge in [0.05, 0.1) is 0 Å². The molecule has 3 heteroatoms. The van der Waals surface area contributed by atoms with Crippen LogP contribution in [0.25, 0.3) is 0 Å². The summed E-state index contributed by atoms with van der Waals surface area (Å²) < 4.78 is 0. The molecule has 0 amide bonds. The number of carbonyl (C=O) groups is 1. The van der Waals surface area contributed by atoms with E-state index < -0.39 is 5.43 Å². The van der Waals surface area contributed by atoms with Gasteiger partial charge in [0.1, 0.15) is 5.43 Å². The Hall–Kier alpha value is -0.240. The summed E-state index contributed by atoms with van der Waals surface area (Å²) in [6.45, 7) is 4.51. The highest BCUT2D eigenvalue weighted by Crippen LogP contribution is 2.03. The van der Waals surface area contributed by atoms with Gasteiger partial charge in [-0.2, -0.15) is 0 Å². The molecule has 0 aliphatic heterocycles. The highest BCUT2D eigenvalue weighted by molar-refractivity contribution is 6.59. The van der Waals surface area contributed by atoms with Crippen LogP contribution in [-0.2, 0) is 0 Å². The number of hydrogen-bond donors (Lipinski definition) is 0. The third kappa shape index (κ3) is 33.1. The van der Waals surface area contributed by atoms with Crippen LogP contribution in [0.2, 0.25) is 0 Å². The molecule has 0 aromatic carbocycles. The van der Waals surface area contributed by atoms with E-state index in [1.54, 1.807) is 0 Å². The summed E-state index contributed by atoms with van der Waals surface area (Å²) in [4.78, 5) is 8.65. The predicted molar refractivity (Wildman–Crippen MR) is 50.3 cm³/mol. The standard InChI is InChI=1S/C8H18.CHClO2/c1-3-5-7-8-6-4-2;2-1(3)4/h3-8H2,1-2H3;(H,3,4)/p-1. The van der Waals surface area contributed by atoms with Crippen LogP contribution in [0.4, 0.5) is 4.79 Å². The maximum absolute atomic E-state index is 8.65. The second-order valence-corrected chi connectivity index (χ2v) is 2.96. The van der Waals surface area contributed by atoms with E-state index in [1.807, 2.05) is 0 Å². The van der Waals surface area contributed by atoms with Gasteiger partial charge in [-0.05, 0) is 0 Å². The van der Waals surface area contributed by atoms with E-state index in [4.69, 9.17) is 9.90 Å². The molecular formula is C9H18ClO2-. The molecule has 0 atom stereocenters. The lowest BCUT2D eigenvalue weighted by Gasteiger charge is -1.93. The van der Waals surface area contributed by atoms with Gasteiger partial charge in [-0.3, -0.25) is 0 Å². The molecule has 0 aromatic rings. The molecule has 0 spiro atoms. The summed E-state index contributed by atoms with van der Waals surface area (Å²) >= 11 is 4.08. The first-order valence-corrected chi connectivity index (χ1v) is 4.89. The predicted octanol–water partition coefficient (Wildman–Crippen LogP) is 2.94. The second kappa shape index (κ2) is 13.4. The largest absolute Gasteiger partial charge is 0.534 e. The number of halogens is 1. The molecule has 0 fully saturated rings. The molecule has 0 aliphatic carbocycles. The Labute approximate surface area is 79.9 Å². The molecule has 0 heterocycles. The smallest absolute Gasteiger partial charge is 0.134 e. The van der Waals surface area contributed by atoms with Crippen LogP contribution in [0.15, 0.2) is 0 Å². The van der Waals surface area contributed by atoms with Gasteiger partial charge >= 0.3 is 0 Å². The van der Waals surface area contributed by atoms with E-state index >= 15 is 0 Å². The van der Waals surface area contributed by atoms with Gasteiger partial charge in [0.2, 0.25) is 0 Å². The summed E-state index contributed by atoms with van der Waals surface area (Å²) in [5, 5.41) is 8.65. The van der Waals surface area contributed by atoms with E-state index in [1.165, 1.54) is 38.5 Å². The first-order chi connectivity index (χ1) is 5.65. The first-order valence-electron chi connectivity index (χ1n) is 4.51. The van der Waals surface area contributed by atoms with Gasteiger partial charge in [-0.15, -0.1) is 0 Å². The molecule has 0 radical (unpaired) electrons. The minimum atomic E-state index is -1.61. The average molecular weight is 194 g/mol. The summed E-state index contributed by atoms with van der Waals surface area (Å²) in [6, 6.07) is 0. The zero-order valence-electron chi connectivity index (χ0n) is 7.94. The fourth-order valence-corrected chi connectivity index (χ4v) is 0.854. The highest BCUT2D eigenvalue weighted by Gasteiger charge is 1.83. The fraction of sp³-hybridized carbons (Fsp3) is 0.889. The fourth-order valence-electron chi connectivity index (χ4n) is 0.854. The van der Waals surface area contributed by atoms with Gasteiger partial charge in [0.15, 0.2) is 0 Å². The van der Waals surface area contributed by atoms with Crippen molar-refractivity contribution in [3.05, 3.63) is 0 Å². The van der Waals surface area contributed by atoms with Crippen molar-refractivity contribution >= 4 is 17.0 Å². The maximum Gasteiger partial charge on any atom is 0.134 e. The summed E-state index contributed by atoms with van der Waals surface area (Å²) in [5.74, 6) is 0. The molecule has 0 saturated heterocycles. The van der Waals surface area contributed by atoms with Crippen LogP contribution < -0.4 is 5.11 Å². The molecule has 0 bridgehead atoms. The van der Waals surface area contributed by atoms with Gasteiger partial charge in [0.25, 0.3) is 0 Å². The number of rotatable bonds is 5. The van der Waals surface area contributed by atoms with Crippen molar-refractivity contribution in [3.8, 4) is 0 Å². The SMILES string of the molecule is CCCCCCCC.O=C([O-])Cl. The first kappa shape index (κ1) is 14.3. The molecule has 0 saturated carbocycles. The summed E-state index contributed by atoms with van der Waals surface area (Å²) in [6.07, 6.45) is 8.49. The van der Waals surface area contributed by atoms with Crippen LogP contribution in [0.1, 0.15) is 52.4 Å². The van der Waals surface area contributed by atoms with E-state index in [2.05, 4.69) is 25.4 Å². The molecule has 12 heavy (non-hydrogen) atoms. The zero-order chi connectivity index (χ0) is 9.82. The number of hydrogen-bond acceptors (Lipinski definition) is 2. The minimum Gasteiger partial charge on any atom is -0.534 e. The number of carbonyl (C=O) groups excluding carboxylic acids is 1. The molecule has 74 valence electrons. The Kier molecular flexibility index (Phi) is 15.9. The monoisotopic (exact) mass is 193 g/mol.